The van der Waals surface area contributed by atoms with Crippen molar-refractivity contribution in [1.82, 2.24) is 24.7 Å². The molecule has 0 spiro atoms. The lowest BCUT2D eigenvalue weighted by atomic mass is 10.00. The number of rotatable bonds is 6. The van der Waals surface area contributed by atoms with E-state index in [4.69, 9.17) is 16.3 Å². The first-order chi connectivity index (χ1) is 15.2. The molecule has 0 aliphatic rings. The Bertz CT molecular complexity index is 1370. The topological polar surface area (TPSA) is 112 Å². The average molecular weight is 471 g/mol. The number of nitrogens with zero attached hydrogens (tertiary/aromatic N) is 5. The third kappa shape index (κ3) is 4.71. The largest absolute Gasteiger partial charge is 0.437 e. The van der Waals surface area contributed by atoms with Crippen LogP contribution >= 0.6 is 11.6 Å². The highest BCUT2D eigenvalue weighted by Gasteiger charge is 2.20. The molecule has 4 aromatic rings. The first-order valence-corrected chi connectivity index (χ1v) is 11.3. The maximum Gasteiger partial charge on any atom is 0.267 e. The molecule has 9 nitrogen and oxygen atoms in total. The van der Waals surface area contributed by atoms with Gasteiger partial charge in [-0.2, -0.15) is 10.1 Å². The molecule has 0 saturated carbocycles. The van der Waals surface area contributed by atoms with E-state index in [1.165, 1.54) is 23.3 Å². The fourth-order valence-corrected chi connectivity index (χ4v) is 4.17. The van der Waals surface area contributed by atoms with Crippen LogP contribution in [0.2, 0.25) is 5.15 Å². The summed E-state index contributed by atoms with van der Waals surface area (Å²) < 4.78 is 35.2. The summed E-state index contributed by atoms with van der Waals surface area (Å²) in [5, 5.41) is 4.23. The molecule has 0 aliphatic heterocycles. The average Bonchev–Trinajstić information content (AvgIpc) is 3.17. The van der Waals surface area contributed by atoms with E-state index in [9.17, 15) is 8.42 Å². The van der Waals surface area contributed by atoms with Gasteiger partial charge in [0.05, 0.1) is 18.1 Å². The molecule has 0 radical (unpaired) electrons. The van der Waals surface area contributed by atoms with Gasteiger partial charge in [0.15, 0.2) is 0 Å². The number of aryl methyl sites for hydroxylation is 3. The zero-order chi connectivity index (χ0) is 22.9. The SMILES string of the molecule is Cc1cccc(C)c1-c1cc(Oc2ccc(Cl)nc2)nc(NS(=O)(=O)c2cnn(C)c2)n1. The second-order valence-corrected chi connectivity index (χ2v) is 9.13. The Morgan fingerprint density at radius 3 is 2.44 bits per heavy atom. The molecule has 1 aromatic carbocycles. The molecule has 0 fully saturated rings. The third-order valence-corrected chi connectivity index (χ3v) is 6.09. The van der Waals surface area contributed by atoms with Crippen molar-refractivity contribution in [1.29, 1.82) is 0 Å². The van der Waals surface area contributed by atoms with E-state index in [1.54, 1.807) is 25.2 Å². The molecule has 0 bridgehead atoms. The number of hydrogen-bond donors (Lipinski definition) is 1. The highest BCUT2D eigenvalue weighted by molar-refractivity contribution is 7.92. The standard InChI is InChI=1S/C21H19ClN6O3S/c1-13-5-4-6-14(2)20(13)17-9-19(31-15-7-8-18(22)23-10-15)26-21(25-17)27-32(29,30)16-11-24-28(3)12-16/h4-12H,1-3H3,(H,25,26,27). The second-order valence-electron chi connectivity index (χ2n) is 7.06. The van der Waals surface area contributed by atoms with E-state index in [0.717, 1.165) is 16.7 Å². The van der Waals surface area contributed by atoms with Crippen LogP contribution in [0.15, 0.2) is 59.9 Å². The van der Waals surface area contributed by atoms with Crippen molar-refractivity contribution in [3.8, 4) is 22.9 Å². The Kier molecular flexibility index (Phi) is 5.81. The molecule has 32 heavy (non-hydrogen) atoms. The van der Waals surface area contributed by atoms with Gasteiger partial charge >= 0.3 is 0 Å². The van der Waals surface area contributed by atoms with Gasteiger partial charge in [-0.15, -0.1) is 0 Å². The van der Waals surface area contributed by atoms with Crippen molar-refractivity contribution in [2.24, 2.45) is 7.05 Å². The van der Waals surface area contributed by atoms with Crippen LogP contribution < -0.4 is 9.46 Å². The van der Waals surface area contributed by atoms with Crippen molar-refractivity contribution < 1.29 is 13.2 Å². The molecule has 1 N–H and O–H groups in total. The Labute approximate surface area is 190 Å². The van der Waals surface area contributed by atoms with E-state index in [-0.39, 0.29) is 16.7 Å². The van der Waals surface area contributed by atoms with Gasteiger partial charge in [0.1, 0.15) is 15.8 Å². The summed E-state index contributed by atoms with van der Waals surface area (Å²) in [7, 11) is -2.32. The number of sulfonamides is 1. The molecule has 4 rings (SSSR count). The van der Waals surface area contributed by atoms with E-state index < -0.39 is 10.0 Å². The number of nitrogens with one attached hydrogen (secondary N) is 1. The van der Waals surface area contributed by atoms with Crippen LogP contribution in [0, 0.1) is 13.8 Å². The predicted octanol–water partition coefficient (Wildman–Crippen LogP) is 4.14. The minimum Gasteiger partial charge on any atom is -0.437 e. The minimum absolute atomic E-state index is 0.00885. The zero-order valence-electron chi connectivity index (χ0n) is 17.4. The van der Waals surface area contributed by atoms with Crippen LogP contribution in [0.3, 0.4) is 0 Å². The highest BCUT2D eigenvalue weighted by Crippen LogP contribution is 2.31. The van der Waals surface area contributed by atoms with Crippen LogP contribution in [0.5, 0.6) is 11.6 Å². The van der Waals surface area contributed by atoms with Gasteiger partial charge < -0.3 is 4.74 Å². The Balaban J connectivity index is 1.79. The zero-order valence-corrected chi connectivity index (χ0v) is 19.0. The van der Waals surface area contributed by atoms with Gasteiger partial charge in [-0.1, -0.05) is 29.8 Å². The summed E-state index contributed by atoms with van der Waals surface area (Å²) >= 11 is 5.84. The van der Waals surface area contributed by atoms with Gasteiger partial charge in [-0.25, -0.2) is 23.1 Å². The Morgan fingerprint density at radius 2 is 1.81 bits per heavy atom. The lowest BCUT2D eigenvalue weighted by molar-refractivity contribution is 0.461. The molecule has 11 heteroatoms. The second kappa shape index (κ2) is 8.56. The lowest BCUT2D eigenvalue weighted by Gasteiger charge is -2.13. The highest BCUT2D eigenvalue weighted by atomic mass is 35.5. The molecule has 164 valence electrons. The molecule has 0 atom stereocenters. The first-order valence-electron chi connectivity index (χ1n) is 9.48. The quantitative estimate of drug-likeness (QED) is 0.421. The van der Waals surface area contributed by atoms with Crippen molar-refractivity contribution in [2.75, 3.05) is 4.72 Å². The number of ether oxygens (including phenoxy) is 1. The molecule has 0 aliphatic carbocycles. The number of pyridine rings is 1. The van der Waals surface area contributed by atoms with Gasteiger partial charge in [0.2, 0.25) is 11.8 Å². The molecule has 3 aromatic heterocycles. The summed E-state index contributed by atoms with van der Waals surface area (Å²) in [6.07, 6.45) is 4.07. The predicted molar refractivity (Wildman–Crippen MR) is 120 cm³/mol. The molecular formula is C21H19ClN6O3S. The van der Waals surface area contributed by atoms with E-state index in [2.05, 4.69) is 24.8 Å². The van der Waals surface area contributed by atoms with E-state index in [0.29, 0.717) is 16.6 Å². The van der Waals surface area contributed by atoms with Crippen molar-refractivity contribution in [3.05, 3.63) is 71.3 Å². The number of anilines is 1. The van der Waals surface area contributed by atoms with Crippen molar-refractivity contribution in [3.63, 3.8) is 0 Å². The lowest BCUT2D eigenvalue weighted by Crippen LogP contribution is -2.15. The van der Waals surface area contributed by atoms with E-state index >= 15 is 0 Å². The van der Waals surface area contributed by atoms with Gasteiger partial charge in [-0.3, -0.25) is 4.68 Å². The van der Waals surface area contributed by atoms with Crippen LogP contribution in [-0.2, 0) is 17.1 Å². The number of aromatic nitrogens is 5. The Morgan fingerprint density at radius 1 is 1.06 bits per heavy atom. The molecule has 3 heterocycles. The smallest absolute Gasteiger partial charge is 0.267 e. The van der Waals surface area contributed by atoms with Crippen LogP contribution in [0.25, 0.3) is 11.3 Å². The normalized spacial score (nSPS) is 11.4. The molecular weight excluding hydrogens is 452 g/mol. The summed E-state index contributed by atoms with van der Waals surface area (Å²) in [4.78, 5) is 12.7. The molecule has 0 unspecified atom stereocenters. The molecule has 0 amide bonds. The van der Waals surface area contributed by atoms with Crippen molar-refractivity contribution >= 4 is 27.6 Å². The fourth-order valence-electron chi connectivity index (χ4n) is 3.13. The van der Waals surface area contributed by atoms with Crippen LogP contribution in [0.1, 0.15) is 11.1 Å². The number of hydrogen-bond acceptors (Lipinski definition) is 7. The fraction of sp³-hybridized carbons (Fsp3) is 0.143. The van der Waals surface area contributed by atoms with Gasteiger partial charge in [-0.05, 0) is 37.1 Å². The molecule has 0 saturated heterocycles. The number of benzene rings is 1. The van der Waals surface area contributed by atoms with Gasteiger partial charge in [0.25, 0.3) is 10.0 Å². The maximum atomic E-state index is 12.8. The van der Waals surface area contributed by atoms with E-state index in [1.807, 2.05) is 32.0 Å². The van der Waals surface area contributed by atoms with Gasteiger partial charge in [0, 0.05) is 24.9 Å². The summed E-state index contributed by atoms with van der Waals surface area (Å²) in [5.74, 6) is 0.401. The minimum atomic E-state index is -3.95. The monoisotopic (exact) mass is 470 g/mol. The first kappa shape index (κ1) is 21.7. The maximum absolute atomic E-state index is 12.8. The number of halogens is 1. The van der Waals surface area contributed by atoms with Crippen molar-refractivity contribution in [2.45, 2.75) is 18.7 Å². The summed E-state index contributed by atoms with van der Waals surface area (Å²) in [5.41, 5.74) is 3.32. The van der Waals surface area contributed by atoms with Crippen LogP contribution in [0.4, 0.5) is 5.95 Å². The van der Waals surface area contributed by atoms with Crippen LogP contribution in [-0.4, -0.2) is 33.2 Å². The summed E-state index contributed by atoms with van der Waals surface area (Å²) in [6.45, 7) is 3.90. The Hall–Kier alpha value is -3.50. The third-order valence-electron chi connectivity index (χ3n) is 4.58. The summed E-state index contributed by atoms with van der Waals surface area (Å²) in [6, 6.07) is 10.7.